The van der Waals surface area contributed by atoms with Gasteiger partial charge in [0.2, 0.25) is 0 Å². The Morgan fingerprint density at radius 3 is 2.44 bits per heavy atom. The summed E-state index contributed by atoms with van der Waals surface area (Å²) in [6, 6.07) is 16.7. The highest BCUT2D eigenvalue weighted by Gasteiger charge is 2.37. The maximum atomic E-state index is 13.6. The Morgan fingerprint density at radius 2 is 1.74 bits per heavy atom. The molecule has 0 spiro atoms. The molecule has 3 nitrogen and oxygen atoms in total. The van der Waals surface area contributed by atoms with Crippen LogP contribution in [0.5, 0.6) is 5.75 Å². The van der Waals surface area contributed by atoms with Crippen molar-refractivity contribution in [2.45, 2.75) is 17.1 Å². The van der Waals surface area contributed by atoms with E-state index < -0.39 is 15.1 Å². The van der Waals surface area contributed by atoms with Gasteiger partial charge in [0.15, 0.2) is 9.84 Å². The minimum Gasteiger partial charge on any atom is -0.497 e. The SMILES string of the molecule is COc1ccc(S(=O)(=O)C2c3c(ccc4cc(Br)ccc34)C=CC2C)cc1. The van der Waals surface area contributed by atoms with Gasteiger partial charge in [-0.05, 0) is 64.2 Å². The van der Waals surface area contributed by atoms with E-state index in [0.717, 1.165) is 26.4 Å². The highest BCUT2D eigenvalue weighted by Crippen LogP contribution is 2.44. The van der Waals surface area contributed by atoms with Crippen LogP contribution in [0.15, 0.2) is 70.0 Å². The van der Waals surface area contributed by atoms with Crippen LogP contribution in [0.3, 0.4) is 0 Å². The van der Waals surface area contributed by atoms with Crippen molar-refractivity contribution in [3.63, 3.8) is 0 Å². The lowest BCUT2D eigenvalue weighted by atomic mass is 9.86. The number of hydrogen-bond acceptors (Lipinski definition) is 3. The van der Waals surface area contributed by atoms with Crippen LogP contribution in [0.25, 0.3) is 16.8 Å². The monoisotopic (exact) mass is 442 g/mol. The molecule has 138 valence electrons. The summed E-state index contributed by atoms with van der Waals surface area (Å²) in [6.07, 6.45) is 4.01. The highest BCUT2D eigenvalue weighted by atomic mass is 79.9. The van der Waals surface area contributed by atoms with Crippen LogP contribution >= 0.6 is 15.9 Å². The molecule has 3 aromatic rings. The molecule has 0 radical (unpaired) electrons. The lowest BCUT2D eigenvalue weighted by molar-refractivity contribution is 0.414. The van der Waals surface area contributed by atoms with Crippen LogP contribution < -0.4 is 4.74 Å². The molecule has 3 aromatic carbocycles. The fraction of sp³-hybridized carbons (Fsp3) is 0.182. The van der Waals surface area contributed by atoms with Crippen molar-refractivity contribution in [2.75, 3.05) is 7.11 Å². The van der Waals surface area contributed by atoms with Gasteiger partial charge >= 0.3 is 0 Å². The van der Waals surface area contributed by atoms with Gasteiger partial charge in [-0.25, -0.2) is 8.42 Å². The van der Waals surface area contributed by atoms with Crippen molar-refractivity contribution >= 4 is 42.6 Å². The molecule has 0 amide bonds. The van der Waals surface area contributed by atoms with E-state index in [2.05, 4.69) is 15.9 Å². The largest absolute Gasteiger partial charge is 0.497 e. The first kappa shape index (κ1) is 18.3. The van der Waals surface area contributed by atoms with Crippen LogP contribution in [0, 0.1) is 5.92 Å². The second kappa shape index (κ2) is 6.80. The summed E-state index contributed by atoms with van der Waals surface area (Å²) >= 11 is 3.50. The van der Waals surface area contributed by atoms with E-state index in [0.29, 0.717) is 10.6 Å². The molecular formula is C22H19BrO3S. The smallest absolute Gasteiger partial charge is 0.185 e. The van der Waals surface area contributed by atoms with Crippen LogP contribution in [0.2, 0.25) is 0 Å². The second-order valence-electron chi connectivity index (χ2n) is 6.79. The lowest BCUT2D eigenvalue weighted by Gasteiger charge is -2.29. The highest BCUT2D eigenvalue weighted by molar-refractivity contribution is 9.10. The van der Waals surface area contributed by atoms with E-state index in [-0.39, 0.29) is 5.92 Å². The predicted octanol–water partition coefficient (Wildman–Crippen LogP) is 5.79. The zero-order valence-corrected chi connectivity index (χ0v) is 17.4. The van der Waals surface area contributed by atoms with E-state index in [1.807, 2.05) is 49.4 Å². The standard InChI is InChI=1S/C22H19BrO3S/c1-14-3-4-15-5-6-16-13-17(23)7-12-20(16)21(15)22(14)27(24,25)19-10-8-18(26-2)9-11-19/h3-14,22H,1-2H3. The minimum absolute atomic E-state index is 0.126. The quantitative estimate of drug-likeness (QED) is 0.515. The first-order valence-corrected chi connectivity index (χ1v) is 11.0. The number of methoxy groups -OCH3 is 1. The summed E-state index contributed by atoms with van der Waals surface area (Å²) < 4.78 is 33.3. The van der Waals surface area contributed by atoms with Crippen LogP contribution in [0.1, 0.15) is 23.3 Å². The van der Waals surface area contributed by atoms with E-state index in [1.165, 1.54) is 0 Å². The fourth-order valence-corrected chi connectivity index (χ4v) is 6.19. The number of allylic oxidation sites excluding steroid dienone is 1. The number of sulfone groups is 1. The Balaban J connectivity index is 1.94. The van der Waals surface area contributed by atoms with Crippen molar-refractivity contribution in [1.82, 2.24) is 0 Å². The summed E-state index contributed by atoms with van der Waals surface area (Å²) in [4.78, 5) is 0.315. The van der Waals surface area contributed by atoms with Gasteiger partial charge in [0.1, 0.15) is 5.75 Å². The van der Waals surface area contributed by atoms with Crippen molar-refractivity contribution in [2.24, 2.45) is 5.92 Å². The first-order valence-electron chi connectivity index (χ1n) is 8.70. The summed E-state index contributed by atoms with van der Waals surface area (Å²) in [5.74, 6) is 0.514. The van der Waals surface area contributed by atoms with Crippen LogP contribution in [0.4, 0.5) is 0 Å². The van der Waals surface area contributed by atoms with Gasteiger partial charge in [-0.15, -0.1) is 0 Å². The van der Waals surface area contributed by atoms with Gasteiger partial charge in [-0.2, -0.15) is 0 Å². The normalized spacial score (nSPS) is 19.1. The molecule has 27 heavy (non-hydrogen) atoms. The summed E-state index contributed by atoms with van der Waals surface area (Å²) in [7, 11) is -2.00. The zero-order chi connectivity index (χ0) is 19.2. The molecule has 0 saturated carbocycles. The second-order valence-corrected chi connectivity index (χ2v) is 9.78. The van der Waals surface area contributed by atoms with Crippen LogP contribution in [-0.2, 0) is 9.84 Å². The van der Waals surface area contributed by atoms with Gasteiger partial charge in [-0.1, -0.05) is 53.2 Å². The molecule has 1 aliphatic carbocycles. The van der Waals surface area contributed by atoms with Gasteiger partial charge in [0.25, 0.3) is 0 Å². The Bertz CT molecular complexity index is 1150. The number of rotatable bonds is 3. The molecule has 1 aliphatic rings. The molecule has 0 bridgehead atoms. The Hall–Kier alpha value is -2.11. The fourth-order valence-electron chi connectivity index (χ4n) is 3.77. The molecular weight excluding hydrogens is 424 g/mol. The number of halogens is 1. The number of benzene rings is 3. The lowest BCUT2D eigenvalue weighted by Crippen LogP contribution is -2.23. The third-order valence-electron chi connectivity index (χ3n) is 5.12. The summed E-state index contributed by atoms with van der Waals surface area (Å²) in [6.45, 7) is 1.96. The average molecular weight is 443 g/mol. The topological polar surface area (TPSA) is 43.4 Å². The minimum atomic E-state index is -3.57. The molecule has 4 rings (SSSR count). The van der Waals surface area contributed by atoms with E-state index in [1.54, 1.807) is 31.4 Å². The number of fused-ring (bicyclic) bond motifs is 3. The number of hydrogen-bond donors (Lipinski definition) is 0. The number of ether oxygens (including phenoxy) is 1. The molecule has 0 saturated heterocycles. The van der Waals surface area contributed by atoms with E-state index >= 15 is 0 Å². The van der Waals surface area contributed by atoms with Crippen molar-refractivity contribution in [3.05, 3.63) is 76.3 Å². The van der Waals surface area contributed by atoms with Crippen molar-refractivity contribution in [1.29, 1.82) is 0 Å². The van der Waals surface area contributed by atoms with Crippen molar-refractivity contribution < 1.29 is 13.2 Å². The Kier molecular flexibility index (Phi) is 4.60. The Labute approximate surface area is 167 Å². The molecule has 0 heterocycles. The first-order chi connectivity index (χ1) is 12.9. The van der Waals surface area contributed by atoms with Gasteiger partial charge in [0, 0.05) is 4.47 Å². The molecule has 0 fully saturated rings. The summed E-state index contributed by atoms with van der Waals surface area (Å²) in [5.41, 5.74) is 1.84. The maximum absolute atomic E-state index is 13.6. The Morgan fingerprint density at radius 1 is 1.00 bits per heavy atom. The van der Waals surface area contributed by atoms with Gasteiger partial charge in [-0.3, -0.25) is 0 Å². The van der Waals surface area contributed by atoms with E-state index in [9.17, 15) is 8.42 Å². The van der Waals surface area contributed by atoms with Gasteiger partial charge < -0.3 is 4.74 Å². The van der Waals surface area contributed by atoms with Crippen molar-refractivity contribution in [3.8, 4) is 5.75 Å². The average Bonchev–Trinajstić information content (AvgIpc) is 2.67. The van der Waals surface area contributed by atoms with E-state index in [4.69, 9.17) is 4.74 Å². The van der Waals surface area contributed by atoms with Crippen LogP contribution in [-0.4, -0.2) is 15.5 Å². The zero-order valence-electron chi connectivity index (χ0n) is 15.0. The summed E-state index contributed by atoms with van der Waals surface area (Å²) in [5, 5.41) is 1.38. The molecule has 5 heteroatoms. The third-order valence-corrected chi connectivity index (χ3v) is 7.88. The van der Waals surface area contributed by atoms with Gasteiger partial charge in [0.05, 0.1) is 17.3 Å². The molecule has 0 aliphatic heterocycles. The molecule has 2 unspecified atom stereocenters. The predicted molar refractivity (Wildman–Crippen MR) is 113 cm³/mol. The third kappa shape index (κ3) is 3.09. The molecule has 0 N–H and O–H groups in total. The molecule has 0 aromatic heterocycles. The maximum Gasteiger partial charge on any atom is 0.185 e. The molecule has 2 atom stereocenters.